The van der Waals surface area contributed by atoms with Crippen LogP contribution in [-0.2, 0) is 16.0 Å². The summed E-state index contributed by atoms with van der Waals surface area (Å²) in [4.78, 5) is 11.8. The van der Waals surface area contributed by atoms with E-state index < -0.39 is 5.54 Å². The molecule has 0 saturated heterocycles. The number of methoxy groups -OCH3 is 1. The second kappa shape index (κ2) is 3.81. The number of hydrogen-bond donors (Lipinski definition) is 1. The molecule has 0 aliphatic carbocycles. The second-order valence-corrected chi connectivity index (χ2v) is 4.39. The summed E-state index contributed by atoms with van der Waals surface area (Å²) in [5.74, 6) is -0.177. The lowest BCUT2D eigenvalue weighted by atomic mass is 9.92. The highest BCUT2D eigenvalue weighted by atomic mass is 16.5. The SMILES string of the molecule is CCC1(C(=O)OC)Cc2ccc(C)cc2N1. The first-order valence-electron chi connectivity index (χ1n) is 5.57. The van der Waals surface area contributed by atoms with Crippen molar-refractivity contribution in [1.29, 1.82) is 0 Å². The summed E-state index contributed by atoms with van der Waals surface area (Å²) in [5, 5.41) is 3.31. The molecule has 1 atom stereocenters. The number of carbonyl (C=O) groups excluding carboxylic acids is 1. The Hall–Kier alpha value is -1.51. The number of hydrogen-bond acceptors (Lipinski definition) is 3. The van der Waals surface area contributed by atoms with Crippen molar-refractivity contribution in [3.05, 3.63) is 29.3 Å². The summed E-state index contributed by atoms with van der Waals surface area (Å²) in [6.45, 7) is 4.05. The third-order valence-corrected chi connectivity index (χ3v) is 3.31. The predicted molar refractivity (Wildman–Crippen MR) is 63.5 cm³/mol. The Bertz CT molecular complexity index is 428. The van der Waals surface area contributed by atoms with Crippen LogP contribution in [0.2, 0.25) is 0 Å². The maximum absolute atomic E-state index is 11.8. The first kappa shape index (κ1) is 11.0. The van der Waals surface area contributed by atoms with Crippen molar-refractivity contribution in [1.82, 2.24) is 0 Å². The van der Waals surface area contributed by atoms with Gasteiger partial charge < -0.3 is 10.1 Å². The van der Waals surface area contributed by atoms with Gasteiger partial charge in [-0.25, -0.2) is 4.79 Å². The number of fused-ring (bicyclic) bond motifs is 1. The van der Waals surface area contributed by atoms with E-state index in [0.717, 1.165) is 12.1 Å². The molecule has 3 nitrogen and oxygen atoms in total. The molecule has 0 amide bonds. The number of anilines is 1. The van der Waals surface area contributed by atoms with E-state index in [0.29, 0.717) is 6.42 Å². The number of ether oxygens (including phenoxy) is 1. The lowest BCUT2D eigenvalue weighted by molar-refractivity contribution is -0.145. The minimum absolute atomic E-state index is 0.177. The fourth-order valence-corrected chi connectivity index (χ4v) is 2.26. The van der Waals surface area contributed by atoms with Crippen LogP contribution in [0.5, 0.6) is 0 Å². The van der Waals surface area contributed by atoms with Crippen molar-refractivity contribution in [3.8, 4) is 0 Å². The van der Waals surface area contributed by atoms with Gasteiger partial charge in [-0.05, 0) is 30.5 Å². The Balaban J connectivity index is 2.35. The van der Waals surface area contributed by atoms with Gasteiger partial charge in [0.05, 0.1) is 7.11 Å². The van der Waals surface area contributed by atoms with Crippen molar-refractivity contribution in [2.75, 3.05) is 12.4 Å². The highest BCUT2D eigenvalue weighted by Crippen LogP contribution is 2.35. The molecular formula is C13H17NO2. The molecule has 0 fully saturated rings. The summed E-state index contributed by atoms with van der Waals surface area (Å²) in [5.41, 5.74) is 2.89. The zero-order chi connectivity index (χ0) is 11.8. The van der Waals surface area contributed by atoms with Gasteiger partial charge in [-0.1, -0.05) is 19.1 Å². The summed E-state index contributed by atoms with van der Waals surface area (Å²) in [7, 11) is 1.44. The number of carbonyl (C=O) groups is 1. The summed E-state index contributed by atoms with van der Waals surface area (Å²) in [6.07, 6.45) is 1.44. The van der Waals surface area contributed by atoms with Gasteiger partial charge >= 0.3 is 5.97 Å². The third-order valence-electron chi connectivity index (χ3n) is 3.31. The fourth-order valence-electron chi connectivity index (χ4n) is 2.26. The maximum atomic E-state index is 11.8. The average Bonchev–Trinajstić information content (AvgIpc) is 2.67. The lowest BCUT2D eigenvalue weighted by Crippen LogP contribution is -2.45. The van der Waals surface area contributed by atoms with Crippen LogP contribution in [-0.4, -0.2) is 18.6 Å². The molecule has 2 rings (SSSR count). The van der Waals surface area contributed by atoms with Crippen LogP contribution in [0.25, 0.3) is 0 Å². The molecule has 1 heterocycles. The zero-order valence-electron chi connectivity index (χ0n) is 9.96. The highest BCUT2D eigenvalue weighted by molar-refractivity contribution is 5.88. The monoisotopic (exact) mass is 219 g/mol. The maximum Gasteiger partial charge on any atom is 0.331 e. The lowest BCUT2D eigenvalue weighted by Gasteiger charge is -2.25. The van der Waals surface area contributed by atoms with Gasteiger partial charge in [-0.2, -0.15) is 0 Å². The quantitative estimate of drug-likeness (QED) is 0.775. The molecular weight excluding hydrogens is 202 g/mol. The Morgan fingerprint density at radius 2 is 2.31 bits per heavy atom. The Morgan fingerprint density at radius 3 is 2.94 bits per heavy atom. The minimum Gasteiger partial charge on any atom is -0.467 e. The van der Waals surface area contributed by atoms with E-state index in [1.54, 1.807) is 0 Å². The third kappa shape index (κ3) is 1.56. The molecule has 0 aromatic heterocycles. The molecule has 1 N–H and O–H groups in total. The molecule has 1 aliphatic heterocycles. The van der Waals surface area contributed by atoms with Crippen molar-refractivity contribution in [2.24, 2.45) is 0 Å². The first-order chi connectivity index (χ1) is 7.61. The van der Waals surface area contributed by atoms with E-state index in [-0.39, 0.29) is 5.97 Å². The summed E-state index contributed by atoms with van der Waals surface area (Å²) < 4.78 is 4.89. The van der Waals surface area contributed by atoms with Crippen molar-refractivity contribution < 1.29 is 9.53 Å². The number of nitrogens with one attached hydrogen (secondary N) is 1. The average molecular weight is 219 g/mol. The molecule has 1 aromatic rings. The Labute approximate surface area is 95.8 Å². The van der Waals surface area contributed by atoms with Crippen LogP contribution in [0.15, 0.2) is 18.2 Å². The van der Waals surface area contributed by atoms with E-state index in [2.05, 4.69) is 23.5 Å². The van der Waals surface area contributed by atoms with Crippen LogP contribution in [0, 0.1) is 6.92 Å². The normalized spacial score (nSPS) is 22.4. The highest BCUT2D eigenvalue weighted by Gasteiger charge is 2.42. The van der Waals surface area contributed by atoms with E-state index in [1.165, 1.54) is 18.2 Å². The van der Waals surface area contributed by atoms with Gasteiger partial charge in [0.2, 0.25) is 0 Å². The van der Waals surface area contributed by atoms with Crippen LogP contribution in [0.3, 0.4) is 0 Å². The molecule has 0 saturated carbocycles. The molecule has 1 aromatic carbocycles. The van der Waals surface area contributed by atoms with Gasteiger partial charge in [-0.3, -0.25) is 0 Å². The van der Waals surface area contributed by atoms with E-state index in [4.69, 9.17) is 4.74 Å². The van der Waals surface area contributed by atoms with E-state index in [1.807, 2.05) is 13.8 Å². The summed E-state index contributed by atoms with van der Waals surface area (Å²) in [6, 6.07) is 6.23. The fraction of sp³-hybridized carbons (Fsp3) is 0.462. The van der Waals surface area contributed by atoms with Gasteiger partial charge in [-0.15, -0.1) is 0 Å². The van der Waals surface area contributed by atoms with Crippen LogP contribution < -0.4 is 5.32 Å². The number of aryl methyl sites for hydroxylation is 1. The molecule has 86 valence electrons. The molecule has 0 spiro atoms. The van der Waals surface area contributed by atoms with E-state index in [9.17, 15) is 4.79 Å². The predicted octanol–water partition coefficient (Wildman–Crippen LogP) is 2.28. The number of rotatable bonds is 2. The number of benzene rings is 1. The van der Waals surface area contributed by atoms with Crippen molar-refractivity contribution >= 4 is 11.7 Å². The van der Waals surface area contributed by atoms with Crippen LogP contribution >= 0.6 is 0 Å². The molecule has 1 unspecified atom stereocenters. The van der Waals surface area contributed by atoms with Gasteiger partial charge in [0.15, 0.2) is 0 Å². The van der Waals surface area contributed by atoms with Gasteiger partial charge in [0.25, 0.3) is 0 Å². The van der Waals surface area contributed by atoms with Crippen molar-refractivity contribution in [3.63, 3.8) is 0 Å². The summed E-state index contributed by atoms with van der Waals surface area (Å²) >= 11 is 0. The standard InChI is InChI=1S/C13H17NO2/c1-4-13(12(15)16-3)8-10-6-5-9(2)7-11(10)14-13/h5-7,14H,4,8H2,1-3H3. The first-order valence-corrected chi connectivity index (χ1v) is 5.57. The smallest absolute Gasteiger partial charge is 0.331 e. The van der Waals surface area contributed by atoms with E-state index >= 15 is 0 Å². The topological polar surface area (TPSA) is 38.3 Å². The van der Waals surface area contributed by atoms with Crippen LogP contribution in [0.1, 0.15) is 24.5 Å². The molecule has 0 radical (unpaired) electrons. The Morgan fingerprint density at radius 1 is 1.56 bits per heavy atom. The van der Waals surface area contributed by atoms with Crippen molar-refractivity contribution in [2.45, 2.75) is 32.2 Å². The molecule has 16 heavy (non-hydrogen) atoms. The molecule has 0 bridgehead atoms. The van der Waals surface area contributed by atoms with Gasteiger partial charge in [0.1, 0.15) is 5.54 Å². The second-order valence-electron chi connectivity index (χ2n) is 4.39. The largest absolute Gasteiger partial charge is 0.467 e. The molecule has 1 aliphatic rings. The zero-order valence-corrected chi connectivity index (χ0v) is 9.96. The number of esters is 1. The minimum atomic E-state index is -0.565. The Kier molecular flexibility index (Phi) is 2.62. The van der Waals surface area contributed by atoms with Gasteiger partial charge in [0, 0.05) is 12.1 Å². The molecule has 3 heteroatoms. The van der Waals surface area contributed by atoms with Crippen LogP contribution in [0.4, 0.5) is 5.69 Å².